The molecular weight excluding hydrogens is 266 g/mol. The van der Waals surface area contributed by atoms with Crippen molar-refractivity contribution in [2.45, 2.75) is 52.0 Å². The summed E-state index contributed by atoms with van der Waals surface area (Å²) in [6.45, 7) is 6.44. The van der Waals surface area contributed by atoms with E-state index in [1.165, 1.54) is 5.56 Å². The van der Waals surface area contributed by atoms with Gasteiger partial charge >= 0.3 is 5.97 Å². The van der Waals surface area contributed by atoms with Gasteiger partial charge in [-0.05, 0) is 49.8 Å². The van der Waals surface area contributed by atoms with Gasteiger partial charge in [0.2, 0.25) is 5.91 Å². The first kappa shape index (κ1) is 15.5. The van der Waals surface area contributed by atoms with Gasteiger partial charge in [0.1, 0.15) is 5.54 Å². The Balaban J connectivity index is 2.19. The van der Waals surface area contributed by atoms with Crippen molar-refractivity contribution in [3.8, 4) is 0 Å². The highest BCUT2D eigenvalue weighted by atomic mass is 16.4. The fourth-order valence-corrected chi connectivity index (χ4v) is 3.17. The topological polar surface area (TPSA) is 57.6 Å². The Hall–Kier alpha value is -1.84. The number of rotatable bonds is 4. The standard InChI is InChI=1S/C17H23NO3/c1-4-17(16(20)21)8-5-9-18(17)15(19)11-14-7-6-12(2)13(3)10-14/h6-7,10H,4-5,8-9,11H2,1-3H3,(H,20,21). The molecule has 0 spiro atoms. The average Bonchev–Trinajstić information content (AvgIpc) is 2.88. The number of carbonyl (C=O) groups excluding carboxylic acids is 1. The van der Waals surface area contributed by atoms with Crippen molar-refractivity contribution in [3.05, 3.63) is 34.9 Å². The van der Waals surface area contributed by atoms with Gasteiger partial charge < -0.3 is 10.0 Å². The fraction of sp³-hybridized carbons (Fsp3) is 0.529. The highest BCUT2D eigenvalue weighted by Crippen LogP contribution is 2.33. The minimum absolute atomic E-state index is 0.0833. The van der Waals surface area contributed by atoms with Crippen molar-refractivity contribution in [1.29, 1.82) is 0 Å². The summed E-state index contributed by atoms with van der Waals surface area (Å²) in [4.78, 5) is 25.8. The number of nitrogens with zero attached hydrogens (tertiary/aromatic N) is 1. The number of carboxylic acids is 1. The van der Waals surface area contributed by atoms with Crippen LogP contribution in [0.1, 0.15) is 42.9 Å². The normalized spacial score (nSPS) is 21.6. The molecule has 2 rings (SSSR count). The van der Waals surface area contributed by atoms with E-state index in [0.29, 0.717) is 19.4 Å². The second-order valence-electron chi connectivity index (χ2n) is 5.93. The maximum atomic E-state index is 12.6. The molecule has 0 saturated carbocycles. The summed E-state index contributed by atoms with van der Waals surface area (Å²) >= 11 is 0. The number of amides is 1. The van der Waals surface area contributed by atoms with Crippen molar-refractivity contribution >= 4 is 11.9 Å². The zero-order chi connectivity index (χ0) is 15.6. The SMILES string of the molecule is CCC1(C(=O)O)CCCN1C(=O)Cc1ccc(C)c(C)c1. The monoisotopic (exact) mass is 289 g/mol. The van der Waals surface area contributed by atoms with Crippen molar-refractivity contribution in [1.82, 2.24) is 4.90 Å². The quantitative estimate of drug-likeness (QED) is 0.927. The van der Waals surface area contributed by atoms with E-state index in [9.17, 15) is 14.7 Å². The van der Waals surface area contributed by atoms with Crippen LogP contribution in [0.2, 0.25) is 0 Å². The van der Waals surface area contributed by atoms with E-state index in [2.05, 4.69) is 0 Å². The molecule has 0 bridgehead atoms. The summed E-state index contributed by atoms with van der Waals surface area (Å²) in [5.74, 6) is -0.962. The number of benzene rings is 1. The van der Waals surface area contributed by atoms with Gasteiger partial charge in [-0.25, -0.2) is 4.79 Å². The lowest BCUT2D eigenvalue weighted by atomic mass is 9.92. The molecule has 1 heterocycles. The summed E-state index contributed by atoms with van der Waals surface area (Å²) in [7, 11) is 0. The number of hydrogen-bond donors (Lipinski definition) is 1. The van der Waals surface area contributed by atoms with E-state index in [0.717, 1.165) is 17.5 Å². The van der Waals surface area contributed by atoms with Crippen molar-refractivity contribution in [2.75, 3.05) is 6.54 Å². The lowest BCUT2D eigenvalue weighted by molar-refractivity contribution is -0.156. The van der Waals surface area contributed by atoms with Crippen LogP contribution in [0.4, 0.5) is 0 Å². The van der Waals surface area contributed by atoms with E-state index in [4.69, 9.17) is 0 Å². The third-order valence-electron chi connectivity index (χ3n) is 4.70. The van der Waals surface area contributed by atoms with Crippen LogP contribution in [0.3, 0.4) is 0 Å². The van der Waals surface area contributed by atoms with E-state index < -0.39 is 11.5 Å². The lowest BCUT2D eigenvalue weighted by Crippen LogP contribution is -2.53. The first-order valence-electron chi connectivity index (χ1n) is 7.50. The largest absolute Gasteiger partial charge is 0.479 e. The van der Waals surface area contributed by atoms with E-state index >= 15 is 0 Å². The molecule has 1 fully saturated rings. The number of likely N-dealkylation sites (tertiary alicyclic amines) is 1. The molecule has 1 atom stereocenters. The maximum absolute atomic E-state index is 12.6. The number of hydrogen-bond acceptors (Lipinski definition) is 2. The molecule has 114 valence electrons. The molecule has 1 aliphatic rings. The Morgan fingerprint density at radius 1 is 1.29 bits per heavy atom. The van der Waals surface area contributed by atoms with Crippen LogP contribution in [0.25, 0.3) is 0 Å². The number of carbonyl (C=O) groups is 2. The van der Waals surface area contributed by atoms with Crippen LogP contribution < -0.4 is 0 Å². The van der Waals surface area contributed by atoms with Gasteiger partial charge in [-0.1, -0.05) is 25.1 Å². The third-order valence-corrected chi connectivity index (χ3v) is 4.70. The van der Waals surface area contributed by atoms with Crippen LogP contribution in [-0.4, -0.2) is 34.0 Å². The summed E-state index contributed by atoms with van der Waals surface area (Å²) < 4.78 is 0. The van der Waals surface area contributed by atoms with Crippen molar-refractivity contribution < 1.29 is 14.7 Å². The summed E-state index contributed by atoms with van der Waals surface area (Å²) in [6, 6.07) is 5.97. The predicted molar refractivity (Wildman–Crippen MR) is 81.2 cm³/mol. The molecule has 1 amide bonds. The molecule has 1 saturated heterocycles. The molecule has 1 unspecified atom stereocenters. The number of carboxylic acid groups (broad SMARTS) is 1. The van der Waals surface area contributed by atoms with Gasteiger partial charge in [-0.2, -0.15) is 0 Å². The smallest absolute Gasteiger partial charge is 0.329 e. The highest BCUT2D eigenvalue weighted by Gasteiger charge is 2.48. The Morgan fingerprint density at radius 3 is 2.57 bits per heavy atom. The number of aliphatic carboxylic acids is 1. The molecule has 1 aromatic carbocycles. The van der Waals surface area contributed by atoms with Crippen LogP contribution in [0.5, 0.6) is 0 Å². The van der Waals surface area contributed by atoms with Gasteiger partial charge in [0, 0.05) is 6.54 Å². The van der Waals surface area contributed by atoms with Gasteiger partial charge in [0.25, 0.3) is 0 Å². The van der Waals surface area contributed by atoms with Crippen LogP contribution in [0, 0.1) is 13.8 Å². The minimum atomic E-state index is -1.00. The second kappa shape index (κ2) is 5.88. The van der Waals surface area contributed by atoms with Gasteiger partial charge in [-0.3, -0.25) is 4.79 Å². The molecular formula is C17H23NO3. The zero-order valence-electron chi connectivity index (χ0n) is 13.0. The molecule has 0 aromatic heterocycles. The predicted octanol–water partition coefficient (Wildman–Crippen LogP) is 2.70. The third kappa shape index (κ3) is 2.80. The molecule has 0 aliphatic carbocycles. The average molecular weight is 289 g/mol. The van der Waals surface area contributed by atoms with Gasteiger partial charge in [0.15, 0.2) is 0 Å². The molecule has 1 aliphatic heterocycles. The molecule has 21 heavy (non-hydrogen) atoms. The van der Waals surface area contributed by atoms with E-state index in [1.54, 1.807) is 4.90 Å². The summed E-state index contributed by atoms with van der Waals surface area (Å²) in [5.41, 5.74) is 2.30. The fourth-order valence-electron chi connectivity index (χ4n) is 3.17. The zero-order valence-corrected chi connectivity index (χ0v) is 13.0. The first-order chi connectivity index (χ1) is 9.90. The summed E-state index contributed by atoms with van der Waals surface area (Å²) in [6.07, 6.45) is 2.05. The Morgan fingerprint density at radius 2 is 2.00 bits per heavy atom. The van der Waals surface area contributed by atoms with Crippen molar-refractivity contribution in [3.63, 3.8) is 0 Å². The van der Waals surface area contributed by atoms with Crippen molar-refractivity contribution in [2.24, 2.45) is 0 Å². The first-order valence-corrected chi connectivity index (χ1v) is 7.50. The second-order valence-corrected chi connectivity index (χ2v) is 5.93. The molecule has 1 N–H and O–H groups in total. The maximum Gasteiger partial charge on any atom is 0.329 e. The van der Waals surface area contributed by atoms with Crippen LogP contribution in [0.15, 0.2) is 18.2 Å². The summed E-state index contributed by atoms with van der Waals surface area (Å²) in [5, 5.41) is 9.54. The van der Waals surface area contributed by atoms with E-state index in [-0.39, 0.29) is 12.3 Å². The lowest BCUT2D eigenvalue weighted by Gasteiger charge is -2.34. The molecule has 0 radical (unpaired) electrons. The Labute approximate surface area is 125 Å². The number of aryl methyl sites for hydroxylation is 2. The molecule has 1 aromatic rings. The molecule has 4 nitrogen and oxygen atoms in total. The van der Waals surface area contributed by atoms with Crippen LogP contribution in [-0.2, 0) is 16.0 Å². The van der Waals surface area contributed by atoms with Gasteiger partial charge in [-0.15, -0.1) is 0 Å². The highest BCUT2D eigenvalue weighted by molar-refractivity contribution is 5.88. The van der Waals surface area contributed by atoms with Crippen LogP contribution >= 0.6 is 0 Å². The van der Waals surface area contributed by atoms with Gasteiger partial charge in [0.05, 0.1) is 6.42 Å². The van der Waals surface area contributed by atoms with E-state index in [1.807, 2.05) is 39.0 Å². The molecule has 4 heteroatoms. The Kier molecular flexibility index (Phi) is 4.35. The Bertz CT molecular complexity index is 567. The minimum Gasteiger partial charge on any atom is -0.479 e.